The molecule has 6 heteroatoms. The molecule has 1 saturated heterocycles. The van der Waals surface area contributed by atoms with Gasteiger partial charge in [0.2, 0.25) is 10.0 Å². The van der Waals surface area contributed by atoms with Crippen LogP contribution in [0.1, 0.15) is 17.5 Å². The third kappa shape index (κ3) is 3.37. The van der Waals surface area contributed by atoms with Gasteiger partial charge in [-0.05, 0) is 37.6 Å². The number of nitrogens with zero attached hydrogens (tertiary/aromatic N) is 1. The number of nitrogens with one attached hydrogen (secondary N) is 1. The number of rotatable bonds is 4. The summed E-state index contributed by atoms with van der Waals surface area (Å²) < 4.78 is 31.9. The van der Waals surface area contributed by atoms with Gasteiger partial charge in [-0.15, -0.1) is 0 Å². The van der Waals surface area contributed by atoms with Crippen LogP contribution in [-0.4, -0.2) is 33.9 Å². The van der Waals surface area contributed by atoms with E-state index < -0.39 is 15.3 Å². The zero-order valence-electron chi connectivity index (χ0n) is 11.4. The smallest absolute Gasteiger partial charge is 0.214 e. The van der Waals surface area contributed by atoms with Crippen molar-refractivity contribution in [2.45, 2.75) is 18.1 Å². The van der Waals surface area contributed by atoms with Crippen molar-refractivity contribution in [2.75, 3.05) is 20.3 Å². The Labute approximate surface area is 119 Å². The predicted octanol–water partition coefficient (Wildman–Crippen LogP) is 1.06. The van der Waals surface area contributed by atoms with E-state index >= 15 is 0 Å². The molecule has 1 fully saturated rings. The molecular weight excluding hydrogens is 276 g/mol. The Kier molecular flexibility index (Phi) is 4.76. The van der Waals surface area contributed by atoms with Gasteiger partial charge in [-0.1, -0.05) is 12.1 Å². The summed E-state index contributed by atoms with van der Waals surface area (Å²) in [4.78, 5) is 0. The third-order valence-corrected chi connectivity index (χ3v) is 5.66. The Hall–Kier alpha value is -1.42. The average molecular weight is 294 g/mol. The highest BCUT2D eigenvalue weighted by molar-refractivity contribution is 7.90. The molecule has 1 N–H and O–H groups in total. The molecule has 1 heterocycles. The highest BCUT2D eigenvalue weighted by Gasteiger charge is 2.35. The van der Waals surface area contributed by atoms with Crippen LogP contribution in [0.2, 0.25) is 0 Å². The fourth-order valence-electron chi connectivity index (χ4n) is 2.55. The van der Waals surface area contributed by atoms with Crippen LogP contribution in [0.15, 0.2) is 24.3 Å². The molecule has 2 atom stereocenters. The lowest BCUT2D eigenvalue weighted by Gasteiger charge is -2.31. The van der Waals surface area contributed by atoms with E-state index in [9.17, 15) is 8.42 Å². The maximum absolute atomic E-state index is 12.0. The first kappa shape index (κ1) is 15.0. The fourth-order valence-corrected chi connectivity index (χ4v) is 3.94. The largest absolute Gasteiger partial charge is 0.381 e. The van der Waals surface area contributed by atoms with E-state index in [0.717, 1.165) is 5.56 Å². The van der Waals surface area contributed by atoms with Crippen molar-refractivity contribution < 1.29 is 13.2 Å². The van der Waals surface area contributed by atoms with Crippen molar-refractivity contribution in [2.24, 2.45) is 5.92 Å². The Balaban J connectivity index is 2.14. The molecular formula is C14H18N2O3S. The van der Waals surface area contributed by atoms with Gasteiger partial charge in [0.15, 0.2) is 0 Å². The number of nitriles is 1. The minimum atomic E-state index is -3.29. The van der Waals surface area contributed by atoms with E-state index in [2.05, 4.69) is 10.8 Å². The summed E-state index contributed by atoms with van der Waals surface area (Å²) in [6.07, 6.45) is 1.15. The third-order valence-electron chi connectivity index (χ3n) is 3.67. The maximum Gasteiger partial charge on any atom is 0.214 e. The van der Waals surface area contributed by atoms with Gasteiger partial charge in [-0.25, -0.2) is 13.1 Å². The standard InChI is InChI=1S/C14H18N2O3S/c1-16-20(17,18)14-6-7-19-10-13(14)8-11-2-4-12(9-15)5-3-11/h2-5,13-14,16H,6-8,10H2,1H3/t13-,14-/m0/s1. The molecule has 0 unspecified atom stereocenters. The van der Waals surface area contributed by atoms with Crippen LogP contribution in [0.5, 0.6) is 0 Å². The molecule has 0 aliphatic carbocycles. The first-order chi connectivity index (χ1) is 9.56. The average Bonchev–Trinajstić information content (AvgIpc) is 2.48. The normalized spacial score (nSPS) is 23.2. The second kappa shape index (κ2) is 6.35. The number of ether oxygens (including phenoxy) is 1. The van der Waals surface area contributed by atoms with Crippen molar-refractivity contribution in [1.82, 2.24) is 4.72 Å². The fraction of sp³-hybridized carbons (Fsp3) is 0.500. The molecule has 108 valence electrons. The second-order valence-electron chi connectivity index (χ2n) is 4.92. The minimum absolute atomic E-state index is 0.0610. The Bertz CT molecular complexity index is 590. The SMILES string of the molecule is CNS(=O)(=O)[C@H]1CCOC[C@@H]1Cc1ccc(C#N)cc1. The van der Waals surface area contributed by atoms with Gasteiger partial charge in [-0.3, -0.25) is 0 Å². The summed E-state index contributed by atoms with van der Waals surface area (Å²) in [5.41, 5.74) is 1.63. The molecule has 0 bridgehead atoms. The summed E-state index contributed by atoms with van der Waals surface area (Å²) in [6.45, 7) is 0.932. The van der Waals surface area contributed by atoms with Crippen LogP contribution >= 0.6 is 0 Å². The molecule has 0 radical (unpaired) electrons. The molecule has 1 aromatic rings. The lowest BCUT2D eigenvalue weighted by atomic mass is 9.93. The van der Waals surface area contributed by atoms with Crippen molar-refractivity contribution in [3.63, 3.8) is 0 Å². The maximum atomic E-state index is 12.0. The molecule has 0 spiro atoms. The van der Waals surface area contributed by atoms with E-state index in [0.29, 0.717) is 31.6 Å². The van der Waals surface area contributed by atoms with E-state index in [1.165, 1.54) is 7.05 Å². The summed E-state index contributed by atoms with van der Waals surface area (Å²) >= 11 is 0. The van der Waals surface area contributed by atoms with Gasteiger partial charge in [0.1, 0.15) is 0 Å². The molecule has 0 aromatic heterocycles. The zero-order chi connectivity index (χ0) is 14.6. The van der Waals surface area contributed by atoms with Gasteiger partial charge in [0.25, 0.3) is 0 Å². The van der Waals surface area contributed by atoms with Crippen LogP contribution in [0, 0.1) is 17.2 Å². The first-order valence-corrected chi connectivity index (χ1v) is 8.10. The van der Waals surface area contributed by atoms with Gasteiger partial charge in [0, 0.05) is 12.5 Å². The van der Waals surface area contributed by atoms with Crippen LogP contribution in [0.4, 0.5) is 0 Å². The molecule has 1 aliphatic rings. The molecule has 2 rings (SSSR count). The van der Waals surface area contributed by atoms with Crippen molar-refractivity contribution in [3.05, 3.63) is 35.4 Å². The number of sulfonamides is 1. The number of hydrogen-bond acceptors (Lipinski definition) is 4. The van der Waals surface area contributed by atoms with Crippen molar-refractivity contribution in [3.8, 4) is 6.07 Å². The summed E-state index contributed by atoms with van der Waals surface area (Å²) in [5.74, 6) is -0.0610. The summed E-state index contributed by atoms with van der Waals surface area (Å²) in [5, 5.41) is 8.35. The highest BCUT2D eigenvalue weighted by Crippen LogP contribution is 2.25. The molecule has 0 saturated carbocycles. The van der Waals surface area contributed by atoms with E-state index in [-0.39, 0.29) is 5.92 Å². The van der Waals surface area contributed by atoms with Crippen molar-refractivity contribution in [1.29, 1.82) is 5.26 Å². The number of benzene rings is 1. The quantitative estimate of drug-likeness (QED) is 0.900. The zero-order valence-corrected chi connectivity index (χ0v) is 12.2. The number of hydrogen-bond donors (Lipinski definition) is 1. The Morgan fingerprint density at radius 1 is 1.40 bits per heavy atom. The molecule has 20 heavy (non-hydrogen) atoms. The monoisotopic (exact) mass is 294 g/mol. The van der Waals surface area contributed by atoms with Crippen molar-refractivity contribution >= 4 is 10.0 Å². The first-order valence-electron chi connectivity index (χ1n) is 6.56. The minimum Gasteiger partial charge on any atom is -0.381 e. The molecule has 0 amide bonds. The molecule has 1 aliphatic heterocycles. The topological polar surface area (TPSA) is 79.2 Å². The summed E-state index contributed by atoms with van der Waals surface area (Å²) in [7, 11) is -1.84. The van der Waals surface area contributed by atoms with E-state index in [4.69, 9.17) is 10.00 Å². The van der Waals surface area contributed by atoms with Crippen LogP contribution in [0.25, 0.3) is 0 Å². The molecule has 5 nitrogen and oxygen atoms in total. The van der Waals surface area contributed by atoms with Gasteiger partial charge in [-0.2, -0.15) is 5.26 Å². The Morgan fingerprint density at radius 2 is 2.10 bits per heavy atom. The second-order valence-corrected chi connectivity index (χ2v) is 7.03. The van der Waals surface area contributed by atoms with Gasteiger partial charge >= 0.3 is 0 Å². The van der Waals surface area contributed by atoms with E-state index in [1.54, 1.807) is 12.1 Å². The van der Waals surface area contributed by atoms with Crippen LogP contribution < -0.4 is 4.72 Å². The van der Waals surface area contributed by atoms with Gasteiger partial charge in [0.05, 0.1) is 23.5 Å². The Morgan fingerprint density at radius 3 is 2.70 bits per heavy atom. The van der Waals surface area contributed by atoms with E-state index in [1.807, 2.05) is 12.1 Å². The van der Waals surface area contributed by atoms with Crippen LogP contribution in [-0.2, 0) is 21.2 Å². The highest BCUT2D eigenvalue weighted by atomic mass is 32.2. The predicted molar refractivity (Wildman–Crippen MR) is 75.6 cm³/mol. The van der Waals surface area contributed by atoms with Gasteiger partial charge < -0.3 is 4.74 Å². The lowest BCUT2D eigenvalue weighted by Crippen LogP contribution is -2.43. The molecule has 1 aromatic carbocycles. The summed E-state index contributed by atoms with van der Waals surface area (Å²) in [6, 6.07) is 9.31. The lowest BCUT2D eigenvalue weighted by molar-refractivity contribution is 0.0570. The van der Waals surface area contributed by atoms with Crippen LogP contribution in [0.3, 0.4) is 0 Å².